The van der Waals surface area contributed by atoms with Gasteiger partial charge in [-0.25, -0.2) is 0 Å². The van der Waals surface area contributed by atoms with Crippen LogP contribution in [0.3, 0.4) is 0 Å². The molecule has 2 aromatic heterocycles. The average Bonchev–Trinajstić information content (AvgIpc) is 2.75. The van der Waals surface area contributed by atoms with Gasteiger partial charge < -0.3 is 9.84 Å². The second-order valence-corrected chi connectivity index (χ2v) is 4.43. The SMILES string of the molecule is Cc1noc(C)c1CCC(=O)NCc1ccncc1. The molecule has 2 rings (SSSR count). The van der Waals surface area contributed by atoms with E-state index in [0.717, 1.165) is 22.6 Å². The predicted octanol–water partition coefficient (Wildman–Crippen LogP) is 1.94. The lowest BCUT2D eigenvalue weighted by atomic mass is 10.1. The summed E-state index contributed by atoms with van der Waals surface area (Å²) < 4.78 is 5.07. The number of rotatable bonds is 5. The van der Waals surface area contributed by atoms with E-state index in [0.29, 0.717) is 19.4 Å². The highest BCUT2D eigenvalue weighted by molar-refractivity contribution is 5.76. The van der Waals surface area contributed by atoms with E-state index in [1.807, 2.05) is 26.0 Å². The van der Waals surface area contributed by atoms with Gasteiger partial charge in [0.15, 0.2) is 0 Å². The fourth-order valence-electron chi connectivity index (χ4n) is 1.89. The predicted molar refractivity (Wildman–Crippen MR) is 70.4 cm³/mol. The summed E-state index contributed by atoms with van der Waals surface area (Å²) in [7, 11) is 0. The molecule has 0 saturated heterocycles. The lowest BCUT2D eigenvalue weighted by Gasteiger charge is -2.05. The summed E-state index contributed by atoms with van der Waals surface area (Å²) in [4.78, 5) is 15.7. The molecule has 0 saturated carbocycles. The molecule has 0 spiro atoms. The highest BCUT2D eigenvalue weighted by atomic mass is 16.5. The first-order valence-electron chi connectivity index (χ1n) is 6.24. The fraction of sp³-hybridized carbons (Fsp3) is 0.357. The van der Waals surface area contributed by atoms with Gasteiger partial charge in [-0.3, -0.25) is 9.78 Å². The van der Waals surface area contributed by atoms with Crippen molar-refractivity contribution in [2.24, 2.45) is 0 Å². The van der Waals surface area contributed by atoms with E-state index in [1.165, 1.54) is 0 Å². The molecule has 1 amide bonds. The number of hydrogen-bond acceptors (Lipinski definition) is 4. The summed E-state index contributed by atoms with van der Waals surface area (Å²) in [6.07, 6.45) is 4.52. The van der Waals surface area contributed by atoms with Crippen molar-refractivity contribution < 1.29 is 9.32 Å². The Morgan fingerprint density at radius 1 is 1.32 bits per heavy atom. The van der Waals surface area contributed by atoms with Gasteiger partial charge in [0.25, 0.3) is 0 Å². The van der Waals surface area contributed by atoms with Gasteiger partial charge in [0.2, 0.25) is 5.91 Å². The normalized spacial score (nSPS) is 10.4. The minimum absolute atomic E-state index is 0.0248. The molecule has 0 aliphatic carbocycles. The van der Waals surface area contributed by atoms with Crippen molar-refractivity contribution in [3.63, 3.8) is 0 Å². The zero-order chi connectivity index (χ0) is 13.7. The molecule has 1 N–H and O–H groups in total. The van der Waals surface area contributed by atoms with E-state index in [-0.39, 0.29) is 5.91 Å². The molecular weight excluding hydrogens is 242 g/mol. The number of carbonyl (C=O) groups excluding carboxylic acids is 1. The molecule has 2 aromatic rings. The monoisotopic (exact) mass is 259 g/mol. The Hall–Kier alpha value is -2.17. The molecule has 100 valence electrons. The van der Waals surface area contributed by atoms with Crippen LogP contribution in [0, 0.1) is 13.8 Å². The largest absolute Gasteiger partial charge is 0.361 e. The maximum atomic E-state index is 11.8. The molecule has 19 heavy (non-hydrogen) atoms. The van der Waals surface area contributed by atoms with Gasteiger partial charge in [0, 0.05) is 30.9 Å². The van der Waals surface area contributed by atoms with E-state index < -0.39 is 0 Å². The third-order valence-electron chi connectivity index (χ3n) is 3.02. The van der Waals surface area contributed by atoms with E-state index in [9.17, 15) is 4.79 Å². The molecule has 0 unspecified atom stereocenters. The summed E-state index contributed by atoms with van der Waals surface area (Å²) in [5.41, 5.74) is 2.93. The number of nitrogens with zero attached hydrogens (tertiary/aromatic N) is 2. The first-order valence-corrected chi connectivity index (χ1v) is 6.24. The zero-order valence-electron chi connectivity index (χ0n) is 11.1. The average molecular weight is 259 g/mol. The van der Waals surface area contributed by atoms with Crippen molar-refractivity contribution in [1.29, 1.82) is 0 Å². The number of nitrogens with one attached hydrogen (secondary N) is 1. The molecule has 0 aliphatic rings. The van der Waals surface area contributed by atoms with Gasteiger partial charge in [-0.1, -0.05) is 5.16 Å². The molecule has 0 aromatic carbocycles. The minimum Gasteiger partial charge on any atom is -0.361 e. The maximum absolute atomic E-state index is 11.8. The van der Waals surface area contributed by atoms with Crippen LogP contribution in [-0.4, -0.2) is 16.0 Å². The quantitative estimate of drug-likeness (QED) is 0.891. The van der Waals surface area contributed by atoms with Gasteiger partial charge >= 0.3 is 0 Å². The number of hydrogen-bond donors (Lipinski definition) is 1. The summed E-state index contributed by atoms with van der Waals surface area (Å²) in [6.45, 7) is 4.29. The molecule has 0 fully saturated rings. The van der Waals surface area contributed by atoms with Gasteiger partial charge in [0.1, 0.15) is 5.76 Å². The first kappa shape index (κ1) is 13.3. The maximum Gasteiger partial charge on any atom is 0.220 e. The lowest BCUT2D eigenvalue weighted by Crippen LogP contribution is -2.23. The Labute approximate surface area is 112 Å². The van der Waals surface area contributed by atoms with Crippen molar-refractivity contribution in [3.8, 4) is 0 Å². The van der Waals surface area contributed by atoms with Crippen molar-refractivity contribution in [1.82, 2.24) is 15.5 Å². The molecular formula is C14H17N3O2. The molecule has 0 atom stereocenters. The molecule has 0 bridgehead atoms. The van der Waals surface area contributed by atoms with Crippen molar-refractivity contribution in [3.05, 3.63) is 47.1 Å². The summed E-state index contributed by atoms with van der Waals surface area (Å²) in [5, 5.41) is 6.76. The third-order valence-corrected chi connectivity index (χ3v) is 3.02. The Bertz CT molecular complexity index is 530. The van der Waals surface area contributed by atoms with Gasteiger partial charge in [-0.15, -0.1) is 0 Å². The molecule has 5 nitrogen and oxygen atoms in total. The van der Waals surface area contributed by atoms with Crippen LogP contribution in [0.25, 0.3) is 0 Å². The number of aromatic nitrogens is 2. The first-order chi connectivity index (χ1) is 9.16. The van der Waals surface area contributed by atoms with Crippen LogP contribution in [0.4, 0.5) is 0 Å². The topological polar surface area (TPSA) is 68.0 Å². The fourth-order valence-corrected chi connectivity index (χ4v) is 1.89. The summed E-state index contributed by atoms with van der Waals surface area (Å²) >= 11 is 0. The van der Waals surface area contributed by atoms with Crippen LogP contribution in [0.1, 0.15) is 29.0 Å². The highest BCUT2D eigenvalue weighted by Gasteiger charge is 2.10. The van der Waals surface area contributed by atoms with Crippen LogP contribution >= 0.6 is 0 Å². The number of amides is 1. The van der Waals surface area contributed by atoms with Crippen LogP contribution < -0.4 is 5.32 Å². The van der Waals surface area contributed by atoms with Crippen LogP contribution in [-0.2, 0) is 17.8 Å². The summed E-state index contributed by atoms with van der Waals surface area (Å²) in [6, 6.07) is 3.77. The number of pyridine rings is 1. The molecule has 0 radical (unpaired) electrons. The Kier molecular flexibility index (Phi) is 4.28. The molecule has 5 heteroatoms. The Balaban J connectivity index is 1.79. The second-order valence-electron chi connectivity index (χ2n) is 4.43. The highest BCUT2D eigenvalue weighted by Crippen LogP contribution is 2.14. The van der Waals surface area contributed by atoms with E-state index in [2.05, 4.69) is 15.5 Å². The van der Waals surface area contributed by atoms with E-state index in [4.69, 9.17) is 4.52 Å². The van der Waals surface area contributed by atoms with Crippen LogP contribution in [0.2, 0.25) is 0 Å². The van der Waals surface area contributed by atoms with Crippen molar-refractivity contribution in [2.45, 2.75) is 33.2 Å². The minimum atomic E-state index is 0.0248. The van der Waals surface area contributed by atoms with Crippen molar-refractivity contribution >= 4 is 5.91 Å². The Morgan fingerprint density at radius 3 is 2.68 bits per heavy atom. The van der Waals surface area contributed by atoms with Crippen LogP contribution in [0.5, 0.6) is 0 Å². The smallest absolute Gasteiger partial charge is 0.220 e. The van der Waals surface area contributed by atoms with Crippen LogP contribution in [0.15, 0.2) is 29.0 Å². The van der Waals surface area contributed by atoms with Gasteiger partial charge in [-0.05, 0) is 38.0 Å². The molecule has 0 aliphatic heterocycles. The van der Waals surface area contributed by atoms with Gasteiger partial charge in [-0.2, -0.15) is 0 Å². The van der Waals surface area contributed by atoms with Crippen molar-refractivity contribution in [2.75, 3.05) is 0 Å². The zero-order valence-corrected chi connectivity index (χ0v) is 11.1. The number of carbonyl (C=O) groups is 1. The van der Waals surface area contributed by atoms with Gasteiger partial charge in [0.05, 0.1) is 5.69 Å². The van der Waals surface area contributed by atoms with E-state index in [1.54, 1.807) is 12.4 Å². The lowest BCUT2D eigenvalue weighted by molar-refractivity contribution is -0.121. The molecule has 2 heterocycles. The second kappa shape index (κ2) is 6.13. The van der Waals surface area contributed by atoms with E-state index >= 15 is 0 Å². The summed E-state index contributed by atoms with van der Waals surface area (Å²) in [5.74, 6) is 0.816. The number of aryl methyl sites for hydroxylation is 2. The Morgan fingerprint density at radius 2 is 2.05 bits per heavy atom. The standard InChI is InChI=1S/C14H17N3O2/c1-10-13(11(2)19-17-10)3-4-14(18)16-9-12-5-7-15-8-6-12/h5-8H,3-4,9H2,1-2H3,(H,16,18). The third kappa shape index (κ3) is 3.64.